The number of carbonyl (C=O) groups excluding carboxylic acids is 1. The summed E-state index contributed by atoms with van der Waals surface area (Å²) in [5.74, 6) is 0.412. The zero-order valence-electron chi connectivity index (χ0n) is 11.3. The van der Waals surface area contributed by atoms with Crippen molar-refractivity contribution < 1.29 is 4.79 Å². The Morgan fingerprint density at radius 1 is 1.28 bits per heavy atom. The van der Waals surface area contributed by atoms with Crippen LogP contribution in [0.3, 0.4) is 0 Å². The van der Waals surface area contributed by atoms with Crippen LogP contribution in [0.15, 0.2) is 24.3 Å². The van der Waals surface area contributed by atoms with Gasteiger partial charge in [0.25, 0.3) is 0 Å². The second kappa shape index (κ2) is 6.01. The lowest BCUT2D eigenvalue weighted by molar-refractivity contribution is -0.126. The van der Waals surface area contributed by atoms with E-state index >= 15 is 0 Å². The van der Waals surface area contributed by atoms with Gasteiger partial charge in [-0.1, -0.05) is 29.8 Å². The summed E-state index contributed by atoms with van der Waals surface area (Å²) in [6, 6.07) is 8.31. The van der Waals surface area contributed by atoms with E-state index in [1.54, 1.807) is 0 Å². The molecule has 1 aliphatic heterocycles. The molecule has 3 nitrogen and oxygen atoms in total. The van der Waals surface area contributed by atoms with Gasteiger partial charge >= 0.3 is 0 Å². The molecule has 0 aromatic heterocycles. The van der Waals surface area contributed by atoms with Crippen molar-refractivity contribution in [2.24, 2.45) is 5.92 Å². The van der Waals surface area contributed by atoms with Crippen LogP contribution in [0.5, 0.6) is 0 Å². The van der Waals surface area contributed by atoms with Crippen molar-refractivity contribution in [3.63, 3.8) is 0 Å². The first kappa shape index (κ1) is 13.1. The molecule has 2 rings (SSSR count). The third kappa shape index (κ3) is 3.57. The molecule has 1 aromatic carbocycles. The van der Waals surface area contributed by atoms with Crippen LogP contribution in [0.1, 0.15) is 24.0 Å². The second-order valence-corrected chi connectivity index (χ2v) is 5.28. The summed E-state index contributed by atoms with van der Waals surface area (Å²) in [4.78, 5) is 14.3. The molecule has 0 saturated carbocycles. The Kier molecular flexibility index (Phi) is 4.37. The molecule has 1 N–H and O–H groups in total. The second-order valence-electron chi connectivity index (χ2n) is 5.28. The van der Waals surface area contributed by atoms with E-state index in [4.69, 9.17) is 0 Å². The van der Waals surface area contributed by atoms with Crippen molar-refractivity contribution in [1.29, 1.82) is 0 Å². The summed E-state index contributed by atoms with van der Waals surface area (Å²) in [7, 11) is 2.11. The van der Waals surface area contributed by atoms with Crippen molar-refractivity contribution in [2.75, 3.05) is 20.1 Å². The van der Waals surface area contributed by atoms with Crippen LogP contribution in [0, 0.1) is 12.8 Å². The Labute approximate surface area is 109 Å². The van der Waals surface area contributed by atoms with Crippen LogP contribution in [0.2, 0.25) is 0 Å². The van der Waals surface area contributed by atoms with Crippen LogP contribution in [-0.4, -0.2) is 30.9 Å². The first-order valence-electron chi connectivity index (χ1n) is 6.67. The van der Waals surface area contributed by atoms with Gasteiger partial charge in [0.05, 0.1) is 0 Å². The zero-order chi connectivity index (χ0) is 13.0. The van der Waals surface area contributed by atoms with Crippen LogP contribution in [-0.2, 0) is 11.3 Å². The molecule has 1 saturated heterocycles. The van der Waals surface area contributed by atoms with Gasteiger partial charge in [-0.25, -0.2) is 0 Å². The largest absolute Gasteiger partial charge is 0.352 e. The normalized spacial score (nSPS) is 17.7. The molecule has 0 atom stereocenters. The van der Waals surface area contributed by atoms with Gasteiger partial charge in [-0.05, 0) is 45.5 Å². The maximum atomic E-state index is 12.0. The number of hydrogen-bond acceptors (Lipinski definition) is 2. The van der Waals surface area contributed by atoms with E-state index in [1.807, 2.05) is 0 Å². The molecule has 0 aliphatic carbocycles. The minimum atomic E-state index is 0.201. The standard InChI is InChI=1S/C15H22N2O/c1-12-3-5-13(6-4-12)11-16-15(18)14-7-9-17(2)10-8-14/h3-6,14H,7-11H2,1-2H3,(H,16,18). The monoisotopic (exact) mass is 246 g/mol. The number of piperidine rings is 1. The molecule has 1 heterocycles. The molecule has 98 valence electrons. The number of rotatable bonds is 3. The predicted octanol–water partition coefficient (Wildman–Crippen LogP) is 1.95. The Balaban J connectivity index is 1.79. The van der Waals surface area contributed by atoms with Crippen LogP contribution < -0.4 is 5.32 Å². The molecular weight excluding hydrogens is 224 g/mol. The van der Waals surface area contributed by atoms with Crippen molar-refractivity contribution in [2.45, 2.75) is 26.3 Å². The van der Waals surface area contributed by atoms with E-state index in [1.165, 1.54) is 11.1 Å². The first-order chi connectivity index (χ1) is 8.65. The molecule has 0 radical (unpaired) electrons. The van der Waals surface area contributed by atoms with Gasteiger partial charge in [0, 0.05) is 12.5 Å². The third-order valence-corrected chi connectivity index (χ3v) is 3.68. The molecule has 1 aromatic rings. The average Bonchev–Trinajstić information content (AvgIpc) is 2.38. The number of carbonyl (C=O) groups is 1. The lowest BCUT2D eigenvalue weighted by Crippen LogP contribution is -2.38. The van der Waals surface area contributed by atoms with Gasteiger partial charge in [0.15, 0.2) is 0 Å². The summed E-state index contributed by atoms with van der Waals surface area (Å²) >= 11 is 0. The van der Waals surface area contributed by atoms with E-state index < -0.39 is 0 Å². The lowest BCUT2D eigenvalue weighted by atomic mass is 9.96. The molecule has 18 heavy (non-hydrogen) atoms. The topological polar surface area (TPSA) is 32.3 Å². The van der Waals surface area contributed by atoms with Gasteiger partial charge in [-0.3, -0.25) is 4.79 Å². The summed E-state index contributed by atoms with van der Waals surface area (Å²) in [6.07, 6.45) is 1.96. The van der Waals surface area contributed by atoms with E-state index in [2.05, 4.69) is 48.5 Å². The number of nitrogens with zero attached hydrogens (tertiary/aromatic N) is 1. The molecule has 3 heteroatoms. The molecular formula is C15H22N2O. The lowest BCUT2D eigenvalue weighted by Gasteiger charge is -2.28. The minimum absolute atomic E-state index is 0.201. The van der Waals surface area contributed by atoms with Crippen molar-refractivity contribution in [3.8, 4) is 0 Å². The number of nitrogens with one attached hydrogen (secondary N) is 1. The van der Waals surface area contributed by atoms with Crippen molar-refractivity contribution in [3.05, 3.63) is 35.4 Å². The van der Waals surface area contributed by atoms with Gasteiger partial charge in [0.1, 0.15) is 0 Å². The van der Waals surface area contributed by atoms with E-state index in [0.717, 1.165) is 25.9 Å². The first-order valence-corrected chi connectivity index (χ1v) is 6.67. The zero-order valence-corrected chi connectivity index (χ0v) is 11.3. The van der Waals surface area contributed by atoms with Crippen molar-refractivity contribution >= 4 is 5.91 Å². The fourth-order valence-corrected chi connectivity index (χ4v) is 2.31. The number of hydrogen-bond donors (Lipinski definition) is 1. The number of benzene rings is 1. The molecule has 1 amide bonds. The summed E-state index contributed by atoms with van der Waals surface area (Å²) < 4.78 is 0. The van der Waals surface area contributed by atoms with E-state index in [0.29, 0.717) is 6.54 Å². The average molecular weight is 246 g/mol. The Hall–Kier alpha value is -1.35. The Morgan fingerprint density at radius 2 is 1.89 bits per heavy atom. The number of likely N-dealkylation sites (tertiary alicyclic amines) is 1. The van der Waals surface area contributed by atoms with Crippen LogP contribution in [0.4, 0.5) is 0 Å². The fourth-order valence-electron chi connectivity index (χ4n) is 2.31. The molecule has 0 unspecified atom stereocenters. The highest BCUT2D eigenvalue weighted by molar-refractivity contribution is 5.78. The molecule has 1 fully saturated rings. The van der Waals surface area contributed by atoms with E-state index in [9.17, 15) is 4.79 Å². The molecule has 0 spiro atoms. The van der Waals surface area contributed by atoms with Crippen molar-refractivity contribution in [1.82, 2.24) is 10.2 Å². The highest BCUT2D eigenvalue weighted by atomic mass is 16.1. The number of aryl methyl sites for hydroxylation is 1. The highest BCUT2D eigenvalue weighted by Crippen LogP contribution is 2.16. The SMILES string of the molecule is Cc1ccc(CNC(=O)C2CCN(C)CC2)cc1. The summed E-state index contributed by atoms with van der Waals surface area (Å²) in [5, 5.41) is 3.05. The van der Waals surface area contributed by atoms with Gasteiger partial charge in [-0.15, -0.1) is 0 Å². The smallest absolute Gasteiger partial charge is 0.223 e. The van der Waals surface area contributed by atoms with Crippen LogP contribution in [0.25, 0.3) is 0 Å². The van der Waals surface area contributed by atoms with Crippen LogP contribution >= 0.6 is 0 Å². The fraction of sp³-hybridized carbons (Fsp3) is 0.533. The van der Waals surface area contributed by atoms with Gasteiger partial charge < -0.3 is 10.2 Å². The Morgan fingerprint density at radius 3 is 2.50 bits per heavy atom. The highest BCUT2D eigenvalue weighted by Gasteiger charge is 2.22. The quantitative estimate of drug-likeness (QED) is 0.884. The predicted molar refractivity (Wildman–Crippen MR) is 73.2 cm³/mol. The third-order valence-electron chi connectivity index (χ3n) is 3.68. The molecule has 1 aliphatic rings. The van der Waals surface area contributed by atoms with E-state index in [-0.39, 0.29) is 11.8 Å². The maximum absolute atomic E-state index is 12.0. The maximum Gasteiger partial charge on any atom is 0.223 e. The van der Waals surface area contributed by atoms with Gasteiger partial charge in [-0.2, -0.15) is 0 Å². The summed E-state index contributed by atoms with van der Waals surface area (Å²) in [6.45, 7) is 4.78. The number of amides is 1. The molecule has 0 bridgehead atoms. The summed E-state index contributed by atoms with van der Waals surface area (Å²) in [5.41, 5.74) is 2.42. The Bertz CT molecular complexity index is 391. The van der Waals surface area contributed by atoms with Gasteiger partial charge in [0.2, 0.25) is 5.91 Å². The minimum Gasteiger partial charge on any atom is -0.352 e.